The largest absolute Gasteiger partial charge is 0.398 e. The molecule has 0 aliphatic carbocycles. The van der Waals surface area contributed by atoms with Gasteiger partial charge in [-0.3, -0.25) is 0 Å². The predicted octanol–water partition coefficient (Wildman–Crippen LogP) is 1.56. The number of anilines is 1. The molecule has 2 unspecified atom stereocenters. The molecule has 3 nitrogen and oxygen atoms in total. The van der Waals surface area contributed by atoms with Gasteiger partial charge in [0.25, 0.3) is 0 Å². The van der Waals surface area contributed by atoms with Crippen LogP contribution in [0.3, 0.4) is 0 Å². The number of aliphatic hydroxyl groups excluding tert-OH is 1. The van der Waals surface area contributed by atoms with Gasteiger partial charge >= 0.3 is 0 Å². The molecule has 16 heavy (non-hydrogen) atoms. The molecule has 0 radical (unpaired) electrons. The highest BCUT2D eigenvalue weighted by atomic mass is 16.3. The number of likely N-dealkylation sites (tertiary alicyclic amines) is 1. The number of aliphatic hydroxyl groups is 1. The van der Waals surface area contributed by atoms with Gasteiger partial charge in [0.1, 0.15) is 0 Å². The summed E-state index contributed by atoms with van der Waals surface area (Å²) in [6.45, 7) is 4.03. The van der Waals surface area contributed by atoms with Crippen molar-refractivity contribution in [3.63, 3.8) is 0 Å². The van der Waals surface area contributed by atoms with E-state index in [4.69, 9.17) is 5.73 Å². The van der Waals surface area contributed by atoms with Gasteiger partial charge in [0.05, 0.1) is 6.10 Å². The molecule has 3 heteroatoms. The monoisotopic (exact) mass is 220 g/mol. The molecule has 1 fully saturated rings. The van der Waals surface area contributed by atoms with Gasteiger partial charge in [-0.1, -0.05) is 12.1 Å². The lowest BCUT2D eigenvalue weighted by Gasteiger charge is -2.20. The molecule has 0 bridgehead atoms. The van der Waals surface area contributed by atoms with Crippen molar-refractivity contribution in [2.45, 2.75) is 19.4 Å². The maximum atomic E-state index is 10.3. The van der Waals surface area contributed by atoms with E-state index in [1.165, 1.54) is 0 Å². The van der Waals surface area contributed by atoms with E-state index < -0.39 is 6.10 Å². The fraction of sp³-hybridized carbons (Fsp3) is 0.538. The lowest BCUT2D eigenvalue weighted by atomic mass is 9.93. The summed E-state index contributed by atoms with van der Waals surface area (Å²) in [5, 5.41) is 10.3. The number of nitrogen functional groups attached to an aromatic ring is 1. The second kappa shape index (κ2) is 4.44. The van der Waals surface area contributed by atoms with Gasteiger partial charge in [-0.2, -0.15) is 0 Å². The molecule has 1 aliphatic rings. The van der Waals surface area contributed by atoms with Crippen LogP contribution in [-0.4, -0.2) is 30.1 Å². The molecule has 1 aromatic carbocycles. The highest BCUT2D eigenvalue weighted by Gasteiger charge is 2.28. The summed E-state index contributed by atoms with van der Waals surface area (Å²) in [5.74, 6) is 0.315. The van der Waals surface area contributed by atoms with Gasteiger partial charge < -0.3 is 15.7 Å². The molecule has 1 aliphatic heterocycles. The predicted molar refractivity (Wildman–Crippen MR) is 66.2 cm³/mol. The molecule has 88 valence electrons. The molecule has 1 saturated heterocycles. The lowest BCUT2D eigenvalue weighted by molar-refractivity contribution is 0.113. The molecule has 0 amide bonds. The van der Waals surface area contributed by atoms with Gasteiger partial charge in [-0.25, -0.2) is 0 Å². The minimum atomic E-state index is -0.425. The van der Waals surface area contributed by atoms with E-state index in [-0.39, 0.29) is 0 Å². The number of benzene rings is 1. The van der Waals surface area contributed by atoms with E-state index in [2.05, 4.69) is 11.9 Å². The van der Waals surface area contributed by atoms with Crippen LogP contribution in [0, 0.1) is 12.8 Å². The van der Waals surface area contributed by atoms with Crippen LogP contribution in [0.1, 0.15) is 23.7 Å². The molecule has 1 aromatic rings. The molecule has 1 heterocycles. The van der Waals surface area contributed by atoms with Gasteiger partial charge in [0.15, 0.2) is 0 Å². The number of aryl methyl sites for hydroxylation is 1. The van der Waals surface area contributed by atoms with Crippen LogP contribution in [0.2, 0.25) is 0 Å². The van der Waals surface area contributed by atoms with Crippen molar-refractivity contribution in [3.8, 4) is 0 Å². The maximum Gasteiger partial charge on any atom is 0.0850 e. The third-order valence-corrected chi connectivity index (χ3v) is 3.44. The van der Waals surface area contributed by atoms with Crippen LogP contribution >= 0.6 is 0 Å². The Kier molecular flexibility index (Phi) is 3.17. The Morgan fingerprint density at radius 3 is 2.81 bits per heavy atom. The average Bonchev–Trinajstić information content (AvgIpc) is 2.64. The summed E-state index contributed by atoms with van der Waals surface area (Å²) in [5.41, 5.74) is 8.68. The Balaban J connectivity index is 2.17. The van der Waals surface area contributed by atoms with Crippen molar-refractivity contribution in [3.05, 3.63) is 29.3 Å². The third kappa shape index (κ3) is 2.20. The van der Waals surface area contributed by atoms with E-state index >= 15 is 0 Å². The van der Waals surface area contributed by atoms with Gasteiger partial charge in [-0.05, 0) is 38.6 Å². The van der Waals surface area contributed by atoms with Crippen molar-refractivity contribution < 1.29 is 5.11 Å². The van der Waals surface area contributed by atoms with E-state index in [0.29, 0.717) is 11.6 Å². The van der Waals surface area contributed by atoms with Crippen molar-refractivity contribution in [2.75, 3.05) is 25.9 Å². The smallest absolute Gasteiger partial charge is 0.0850 e. The Morgan fingerprint density at radius 1 is 1.50 bits per heavy atom. The van der Waals surface area contributed by atoms with Crippen molar-refractivity contribution >= 4 is 5.69 Å². The number of nitrogens with two attached hydrogens (primary N) is 1. The third-order valence-electron chi connectivity index (χ3n) is 3.44. The van der Waals surface area contributed by atoms with Crippen LogP contribution in [0.25, 0.3) is 0 Å². The molecule has 3 N–H and O–H groups in total. The van der Waals surface area contributed by atoms with Crippen LogP contribution < -0.4 is 5.73 Å². The van der Waals surface area contributed by atoms with E-state index in [0.717, 1.165) is 30.6 Å². The van der Waals surface area contributed by atoms with Crippen molar-refractivity contribution in [1.29, 1.82) is 0 Å². The Labute approximate surface area is 96.9 Å². The van der Waals surface area contributed by atoms with Crippen LogP contribution in [0.4, 0.5) is 5.69 Å². The average molecular weight is 220 g/mol. The molecule has 0 aromatic heterocycles. The topological polar surface area (TPSA) is 49.5 Å². The Bertz CT molecular complexity index is 378. The fourth-order valence-corrected chi connectivity index (χ4v) is 2.44. The summed E-state index contributed by atoms with van der Waals surface area (Å²) >= 11 is 0. The van der Waals surface area contributed by atoms with Crippen molar-refractivity contribution in [2.24, 2.45) is 5.92 Å². The number of hydrogen-bond donors (Lipinski definition) is 2. The van der Waals surface area contributed by atoms with Gasteiger partial charge in [0.2, 0.25) is 0 Å². The van der Waals surface area contributed by atoms with E-state index in [9.17, 15) is 5.11 Å². The summed E-state index contributed by atoms with van der Waals surface area (Å²) in [6, 6.07) is 5.89. The normalized spacial score (nSPS) is 23.6. The number of hydrogen-bond acceptors (Lipinski definition) is 3. The van der Waals surface area contributed by atoms with Gasteiger partial charge in [-0.15, -0.1) is 0 Å². The minimum absolute atomic E-state index is 0.315. The molecule has 2 rings (SSSR count). The summed E-state index contributed by atoms with van der Waals surface area (Å²) in [6.07, 6.45) is 0.621. The van der Waals surface area contributed by atoms with Crippen molar-refractivity contribution in [1.82, 2.24) is 4.90 Å². The first kappa shape index (κ1) is 11.4. The molecule has 2 atom stereocenters. The van der Waals surface area contributed by atoms with Crippen LogP contribution in [0.15, 0.2) is 18.2 Å². The summed E-state index contributed by atoms with van der Waals surface area (Å²) in [7, 11) is 2.09. The first-order chi connectivity index (χ1) is 7.58. The first-order valence-electron chi connectivity index (χ1n) is 5.80. The Hall–Kier alpha value is -1.06. The maximum absolute atomic E-state index is 10.3. The number of nitrogens with zero attached hydrogens (tertiary/aromatic N) is 1. The molecule has 0 saturated carbocycles. The summed E-state index contributed by atoms with van der Waals surface area (Å²) < 4.78 is 0. The zero-order valence-corrected chi connectivity index (χ0v) is 9.98. The lowest BCUT2D eigenvalue weighted by Crippen LogP contribution is -2.19. The Morgan fingerprint density at radius 2 is 2.25 bits per heavy atom. The highest BCUT2D eigenvalue weighted by Crippen LogP contribution is 2.32. The van der Waals surface area contributed by atoms with Crippen LogP contribution in [0.5, 0.6) is 0 Å². The zero-order valence-electron chi connectivity index (χ0n) is 9.98. The molecule has 0 spiro atoms. The second-order valence-corrected chi connectivity index (χ2v) is 4.89. The fourth-order valence-electron chi connectivity index (χ4n) is 2.44. The number of rotatable bonds is 2. The SMILES string of the molecule is Cc1ccc(C(O)C2CCN(C)C2)c(N)c1. The second-order valence-electron chi connectivity index (χ2n) is 4.89. The highest BCUT2D eigenvalue weighted by molar-refractivity contribution is 5.50. The minimum Gasteiger partial charge on any atom is -0.398 e. The van der Waals surface area contributed by atoms with Gasteiger partial charge in [0, 0.05) is 23.7 Å². The quantitative estimate of drug-likeness (QED) is 0.744. The van der Waals surface area contributed by atoms with E-state index in [1.54, 1.807) is 0 Å². The van der Waals surface area contributed by atoms with Crippen LogP contribution in [-0.2, 0) is 0 Å². The molecular weight excluding hydrogens is 200 g/mol. The molecular formula is C13H20N2O. The zero-order chi connectivity index (χ0) is 11.7. The summed E-state index contributed by atoms with van der Waals surface area (Å²) in [4.78, 5) is 2.25. The first-order valence-corrected chi connectivity index (χ1v) is 5.80. The standard InChI is InChI=1S/C13H20N2O/c1-9-3-4-11(12(14)7-9)13(16)10-5-6-15(2)8-10/h3-4,7,10,13,16H,5-6,8,14H2,1-2H3. The van der Waals surface area contributed by atoms with E-state index in [1.807, 2.05) is 25.1 Å².